The molecule has 0 aliphatic heterocycles. The number of hydrogen-bond donors (Lipinski definition) is 0. The predicted molar refractivity (Wildman–Crippen MR) is 313 cm³/mol. The molecule has 0 spiro atoms. The molecule has 0 N–H and O–H groups in total. The van der Waals surface area contributed by atoms with Gasteiger partial charge in [0.2, 0.25) is 0 Å². The highest BCUT2D eigenvalue weighted by molar-refractivity contribution is 6.22. The largest absolute Gasteiger partial charge is 0.310 e. The minimum Gasteiger partial charge on any atom is -0.310 e. The van der Waals surface area contributed by atoms with E-state index >= 15 is 0 Å². The van der Waals surface area contributed by atoms with Gasteiger partial charge in [0, 0.05) is 16.9 Å². The highest BCUT2D eigenvalue weighted by Crippen LogP contribution is 2.58. The van der Waals surface area contributed by atoms with E-state index in [2.05, 4.69) is 302 Å². The lowest BCUT2D eigenvalue weighted by molar-refractivity contribution is 0.768. The number of nitrogens with zero attached hydrogens (tertiary/aromatic N) is 1. The number of para-hydroxylation sites is 1. The molecule has 1 aliphatic rings. The molecule has 0 amide bonds. The number of anilines is 3. The maximum absolute atomic E-state index is 2.50. The Bertz CT molecular complexity index is 4190. The van der Waals surface area contributed by atoms with Crippen LogP contribution in [0, 0.1) is 0 Å². The number of benzene rings is 13. The molecule has 346 valence electrons. The first-order valence-corrected chi connectivity index (χ1v) is 25.7. The second-order valence-electron chi connectivity index (χ2n) is 19.5. The fourth-order valence-electron chi connectivity index (χ4n) is 12.4. The van der Waals surface area contributed by atoms with E-state index in [-0.39, 0.29) is 0 Å². The van der Waals surface area contributed by atoms with Crippen LogP contribution in [0.1, 0.15) is 22.3 Å². The Morgan fingerprint density at radius 1 is 0.243 bits per heavy atom. The quantitative estimate of drug-likeness (QED) is 0.130. The molecule has 0 aromatic heterocycles. The van der Waals surface area contributed by atoms with Crippen molar-refractivity contribution in [2.24, 2.45) is 0 Å². The van der Waals surface area contributed by atoms with E-state index < -0.39 is 5.41 Å². The second kappa shape index (κ2) is 17.9. The Morgan fingerprint density at radius 2 is 0.730 bits per heavy atom. The third-order valence-corrected chi connectivity index (χ3v) is 15.5. The molecule has 13 aromatic rings. The Balaban J connectivity index is 1.03. The van der Waals surface area contributed by atoms with Crippen LogP contribution in [0.25, 0.3) is 88.0 Å². The van der Waals surface area contributed by atoms with Crippen molar-refractivity contribution in [2.45, 2.75) is 5.41 Å². The number of rotatable bonds is 9. The third kappa shape index (κ3) is 6.93. The lowest BCUT2D eigenvalue weighted by Crippen LogP contribution is -2.28. The van der Waals surface area contributed by atoms with Gasteiger partial charge in [-0.3, -0.25) is 0 Å². The molecule has 0 saturated heterocycles. The van der Waals surface area contributed by atoms with Crippen molar-refractivity contribution in [3.63, 3.8) is 0 Å². The van der Waals surface area contributed by atoms with E-state index in [1.165, 1.54) is 99.1 Å². The van der Waals surface area contributed by atoms with Crippen LogP contribution in [0.3, 0.4) is 0 Å². The van der Waals surface area contributed by atoms with E-state index in [1.807, 2.05) is 0 Å². The van der Waals surface area contributed by atoms with Gasteiger partial charge < -0.3 is 4.90 Å². The van der Waals surface area contributed by atoms with Gasteiger partial charge in [0.1, 0.15) is 0 Å². The Morgan fingerprint density at radius 3 is 1.46 bits per heavy atom. The van der Waals surface area contributed by atoms with Crippen molar-refractivity contribution in [3.05, 3.63) is 320 Å². The molecule has 0 bridgehead atoms. The zero-order valence-electron chi connectivity index (χ0n) is 40.7. The van der Waals surface area contributed by atoms with Crippen LogP contribution >= 0.6 is 0 Å². The van der Waals surface area contributed by atoms with Crippen LogP contribution in [-0.2, 0) is 5.41 Å². The molecule has 1 heteroatoms. The molecule has 14 rings (SSSR count). The lowest BCUT2D eigenvalue weighted by Gasteiger charge is -2.34. The smallest absolute Gasteiger partial charge is 0.0713 e. The van der Waals surface area contributed by atoms with Gasteiger partial charge in [-0.25, -0.2) is 0 Å². The standard InChI is InChI=1S/C73H49N/c1-5-24-51(25-6-1)71-65-39-16-15-37-62(65)63-45-43-54(48-67(63)72(71)52-26-7-2-8-27-52)61-36-18-20-42-70(61)74(57-34-21-29-53(47-57)60-40-22-28-50-23-13-14-35-59(50)60)58-44-46-69-66(49-58)64-38-17-19-41-68(64)73(69,55-30-9-3-10-31-55)56-32-11-4-12-33-56/h1-49H. The van der Waals surface area contributed by atoms with Crippen LogP contribution in [0.4, 0.5) is 17.1 Å². The first kappa shape index (κ1) is 43.2. The minimum absolute atomic E-state index is 0.506. The summed E-state index contributed by atoms with van der Waals surface area (Å²) in [7, 11) is 0. The Kier molecular flexibility index (Phi) is 10.5. The van der Waals surface area contributed by atoms with Gasteiger partial charge in [0.15, 0.2) is 0 Å². The number of fused-ring (bicyclic) bond motifs is 7. The van der Waals surface area contributed by atoms with Gasteiger partial charge in [-0.05, 0) is 141 Å². The van der Waals surface area contributed by atoms with Gasteiger partial charge in [-0.1, -0.05) is 261 Å². The molecule has 0 radical (unpaired) electrons. The zero-order chi connectivity index (χ0) is 49.0. The lowest BCUT2D eigenvalue weighted by atomic mass is 9.68. The van der Waals surface area contributed by atoms with E-state index in [0.717, 1.165) is 28.2 Å². The maximum atomic E-state index is 2.50. The summed E-state index contributed by atoms with van der Waals surface area (Å²) in [5.41, 5.74) is 19.9. The van der Waals surface area contributed by atoms with Gasteiger partial charge >= 0.3 is 0 Å². The minimum atomic E-state index is -0.506. The number of hydrogen-bond acceptors (Lipinski definition) is 1. The summed E-state index contributed by atoms with van der Waals surface area (Å²) in [6, 6.07) is 110. The van der Waals surface area contributed by atoms with Gasteiger partial charge in [0.25, 0.3) is 0 Å². The predicted octanol–water partition coefficient (Wildman–Crippen LogP) is 19.6. The second-order valence-corrected chi connectivity index (χ2v) is 19.5. The summed E-state index contributed by atoms with van der Waals surface area (Å²) in [5, 5.41) is 7.41. The van der Waals surface area contributed by atoms with Crippen molar-refractivity contribution >= 4 is 49.4 Å². The third-order valence-electron chi connectivity index (χ3n) is 15.5. The summed E-state index contributed by atoms with van der Waals surface area (Å²) < 4.78 is 0. The molecule has 74 heavy (non-hydrogen) atoms. The average molecular weight is 940 g/mol. The van der Waals surface area contributed by atoms with Crippen LogP contribution in [0.15, 0.2) is 297 Å². The van der Waals surface area contributed by atoms with Crippen LogP contribution in [0.5, 0.6) is 0 Å². The Hall–Kier alpha value is -9.56. The topological polar surface area (TPSA) is 3.24 Å². The first-order valence-electron chi connectivity index (χ1n) is 25.7. The molecule has 0 heterocycles. The average Bonchev–Trinajstić information content (AvgIpc) is 3.79. The van der Waals surface area contributed by atoms with E-state index in [0.29, 0.717) is 0 Å². The molecular formula is C73H49N. The summed E-state index contributed by atoms with van der Waals surface area (Å²) in [6.45, 7) is 0. The molecule has 1 aliphatic carbocycles. The van der Waals surface area contributed by atoms with Crippen molar-refractivity contribution in [3.8, 4) is 55.6 Å². The maximum Gasteiger partial charge on any atom is 0.0713 e. The molecule has 0 saturated carbocycles. The molecule has 1 nitrogen and oxygen atoms in total. The molecule has 0 atom stereocenters. The fourth-order valence-corrected chi connectivity index (χ4v) is 12.4. The molecule has 0 unspecified atom stereocenters. The van der Waals surface area contributed by atoms with Gasteiger partial charge in [-0.2, -0.15) is 0 Å². The highest BCUT2D eigenvalue weighted by atomic mass is 15.1. The van der Waals surface area contributed by atoms with E-state index in [9.17, 15) is 0 Å². The van der Waals surface area contributed by atoms with Crippen molar-refractivity contribution in [1.29, 1.82) is 0 Å². The van der Waals surface area contributed by atoms with Crippen molar-refractivity contribution in [1.82, 2.24) is 0 Å². The summed E-state index contributed by atoms with van der Waals surface area (Å²) >= 11 is 0. The van der Waals surface area contributed by atoms with E-state index in [4.69, 9.17) is 0 Å². The van der Waals surface area contributed by atoms with Crippen LogP contribution in [-0.4, -0.2) is 0 Å². The molecular weight excluding hydrogens is 891 g/mol. The van der Waals surface area contributed by atoms with Crippen molar-refractivity contribution < 1.29 is 0 Å². The highest BCUT2D eigenvalue weighted by Gasteiger charge is 2.46. The SMILES string of the molecule is c1ccc(-c2c(-c3ccccc3)c3cc(-c4ccccc4N(c4cccc(-c5cccc6ccccc56)c4)c4ccc5c(c4)-c4ccccc4C5(c4ccccc4)c4ccccc4)ccc3c3ccccc23)cc1. The molecule has 13 aromatic carbocycles. The van der Waals surface area contributed by atoms with Gasteiger partial charge in [-0.15, -0.1) is 0 Å². The monoisotopic (exact) mass is 939 g/mol. The summed E-state index contributed by atoms with van der Waals surface area (Å²) in [6.07, 6.45) is 0. The van der Waals surface area contributed by atoms with Crippen LogP contribution < -0.4 is 4.90 Å². The van der Waals surface area contributed by atoms with Gasteiger partial charge in [0.05, 0.1) is 11.1 Å². The zero-order valence-corrected chi connectivity index (χ0v) is 40.7. The van der Waals surface area contributed by atoms with E-state index in [1.54, 1.807) is 0 Å². The summed E-state index contributed by atoms with van der Waals surface area (Å²) in [5.74, 6) is 0. The fraction of sp³-hybridized carbons (Fsp3) is 0.0137. The normalized spacial score (nSPS) is 12.4. The van der Waals surface area contributed by atoms with Crippen molar-refractivity contribution in [2.75, 3.05) is 4.90 Å². The Labute approximate surface area is 432 Å². The molecule has 0 fully saturated rings. The summed E-state index contributed by atoms with van der Waals surface area (Å²) in [4.78, 5) is 2.50. The first-order chi connectivity index (χ1) is 36.7. The van der Waals surface area contributed by atoms with Crippen LogP contribution in [0.2, 0.25) is 0 Å².